The third-order valence-corrected chi connectivity index (χ3v) is 9.47. The van der Waals surface area contributed by atoms with Crippen molar-refractivity contribution in [3.63, 3.8) is 0 Å². The number of allylic oxidation sites excluding steroid dienone is 1. The van der Waals surface area contributed by atoms with Crippen LogP contribution >= 0.6 is 0 Å². The van der Waals surface area contributed by atoms with Crippen LogP contribution in [0.2, 0.25) is 0 Å². The van der Waals surface area contributed by atoms with Gasteiger partial charge >= 0.3 is 6.18 Å². The number of aliphatic hydroxyl groups excluding tert-OH is 2. The van der Waals surface area contributed by atoms with Crippen LogP contribution in [0.3, 0.4) is 0 Å². The van der Waals surface area contributed by atoms with Crippen molar-refractivity contribution in [2.24, 2.45) is 23.5 Å². The topological polar surface area (TPSA) is 174 Å². The van der Waals surface area contributed by atoms with E-state index in [2.05, 4.69) is 0 Å². The van der Waals surface area contributed by atoms with Crippen LogP contribution in [0.4, 0.5) is 13.2 Å². The molecule has 14 heteroatoms. The smallest absolute Gasteiger partial charge is 0.417 e. The monoisotopic (exact) mass is 623 g/mol. The molecule has 1 heterocycles. The number of hydrogen-bond donors (Lipinski definition) is 5. The van der Waals surface area contributed by atoms with Gasteiger partial charge in [-0.25, -0.2) is 0 Å². The third kappa shape index (κ3) is 4.88. The summed E-state index contributed by atoms with van der Waals surface area (Å²) >= 11 is 0. The molecule has 1 fully saturated rings. The molecule has 240 valence electrons. The molecule has 1 aromatic rings. The molecule has 5 atom stereocenters. The lowest BCUT2D eigenvalue weighted by molar-refractivity contribution is -0.148. The minimum Gasteiger partial charge on any atom is -0.510 e. The summed E-state index contributed by atoms with van der Waals surface area (Å²) in [5.74, 6) is -8.88. The second-order valence-electron chi connectivity index (χ2n) is 12.3. The molecule has 0 radical (unpaired) electrons. The van der Waals surface area contributed by atoms with E-state index in [4.69, 9.17) is 10.5 Å². The first kappa shape index (κ1) is 31.9. The number of primary amides is 1. The first-order valence-electron chi connectivity index (χ1n) is 14.4. The van der Waals surface area contributed by atoms with Crippen LogP contribution in [0, 0.1) is 17.8 Å². The van der Waals surface area contributed by atoms with E-state index in [0.717, 1.165) is 12.5 Å². The molecule has 1 unspecified atom stereocenters. The van der Waals surface area contributed by atoms with Gasteiger partial charge in [0.25, 0.3) is 5.91 Å². The van der Waals surface area contributed by atoms with E-state index in [9.17, 15) is 48.0 Å². The lowest BCUT2D eigenvalue weighted by atomic mass is 9.58. The van der Waals surface area contributed by atoms with Crippen LogP contribution in [0.1, 0.15) is 46.8 Å². The molecule has 4 aliphatic rings. The molecule has 5 rings (SSSR count). The molecule has 1 aliphatic heterocycles. The molecule has 0 saturated carbocycles. The lowest BCUT2D eigenvalue weighted by Crippen LogP contribution is -2.63. The van der Waals surface area contributed by atoms with Crippen molar-refractivity contribution < 1.29 is 52.7 Å². The number of hydrogen-bond acceptors (Lipinski definition) is 10. The maximum absolute atomic E-state index is 14.8. The summed E-state index contributed by atoms with van der Waals surface area (Å²) in [6, 6.07) is -0.342. The number of ether oxygens (including phenoxy) is 1. The summed E-state index contributed by atoms with van der Waals surface area (Å²) < 4.78 is 49.8. The van der Waals surface area contributed by atoms with Crippen molar-refractivity contribution in [2.75, 3.05) is 40.4 Å². The number of nitrogens with zero attached hydrogens (tertiary/aromatic N) is 2. The van der Waals surface area contributed by atoms with E-state index >= 15 is 0 Å². The molecule has 0 bridgehead atoms. The van der Waals surface area contributed by atoms with Gasteiger partial charge in [0.15, 0.2) is 11.4 Å². The average molecular weight is 624 g/mol. The van der Waals surface area contributed by atoms with Crippen LogP contribution in [-0.4, -0.2) is 99.7 Å². The van der Waals surface area contributed by atoms with Gasteiger partial charge in [-0.05, 0) is 68.9 Å². The Kier molecular flexibility index (Phi) is 8.10. The fraction of sp³-hybridized carbons (Fsp3) is 0.567. The molecule has 0 aromatic heterocycles. The normalized spacial score (nSPS) is 28.9. The predicted molar refractivity (Wildman–Crippen MR) is 149 cm³/mol. The zero-order valence-electron chi connectivity index (χ0n) is 24.6. The van der Waals surface area contributed by atoms with E-state index in [1.165, 1.54) is 19.0 Å². The van der Waals surface area contributed by atoms with E-state index in [1.54, 1.807) is 0 Å². The second-order valence-corrected chi connectivity index (χ2v) is 12.3. The number of rotatable bonds is 7. The summed E-state index contributed by atoms with van der Waals surface area (Å²) in [4.78, 5) is 42.5. The third-order valence-electron chi connectivity index (χ3n) is 9.47. The van der Waals surface area contributed by atoms with Crippen LogP contribution in [0.15, 0.2) is 28.7 Å². The highest BCUT2D eigenvalue weighted by molar-refractivity contribution is 6.24. The number of fused-ring (bicyclic) bond motifs is 3. The Labute approximate surface area is 251 Å². The number of aromatic hydroxyl groups is 1. The van der Waals surface area contributed by atoms with E-state index in [0.29, 0.717) is 26.3 Å². The van der Waals surface area contributed by atoms with Gasteiger partial charge in [0, 0.05) is 31.2 Å². The van der Waals surface area contributed by atoms with Crippen molar-refractivity contribution >= 4 is 17.5 Å². The molecule has 1 saturated heterocycles. The molecule has 1 aromatic carbocycles. The van der Waals surface area contributed by atoms with Crippen molar-refractivity contribution in [2.45, 2.75) is 50.6 Å². The van der Waals surface area contributed by atoms with E-state index in [-0.39, 0.29) is 24.4 Å². The Morgan fingerprint density at radius 1 is 1.20 bits per heavy atom. The van der Waals surface area contributed by atoms with Gasteiger partial charge < -0.3 is 30.9 Å². The molecule has 3 aliphatic carbocycles. The number of carbonyl (C=O) groups is 3. The van der Waals surface area contributed by atoms with Gasteiger partial charge in [0.05, 0.1) is 23.8 Å². The Balaban J connectivity index is 1.65. The van der Waals surface area contributed by atoms with Gasteiger partial charge in [0.1, 0.15) is 22.8 Å². The SMILES string of the molecule is CCN(Cc1cc(O)c2c(c1C(F)(F)F)C[C@H]1C[C@H]3[C@H](N(C)C)C(O)=C(C(N)=O)C(=O)[C@@]3(O)C(O)=C1C2=O)CC1CCOC1. The summed E-state index contributed by atoms with van der Waals surface area (Å²) in [5.41, 5.74) is -1.41. The highest BCUT2D eigenvalue weighted by Crippen LogP contribution is 2.54. The standard InChI is InChI=1S/C30H36F3N3O8/c1-4-36(10-13-5-6-44-12-13)11-15-9-18(37)20-16(22(15)30(31,32)33)7-14-8-17-23(35(2)3)25(39)21(28(34)42)27(41)29(17,43)26(40)19(14)24(20)38/h9,13-14,17,23,37,39-40,43H,4-8,10-12H2,1-3H3,(H2,34,42)/t13?,14-,17-,23-,29-/m0/s1. The highest BCUT2D eigenvalue weighted by atomic mass is 19.4. The molecule has 6 N–H and O–H groups in total. The van der Waals surface area contributed by atoms with Gasteiger partial charge in [-0.15, -0.1) is 0 Å². The summed E-state index contributed by atoms with van der Waals surface area (Å²) in [5, 5.41) is 44.9. The number of Topliss-reactive ketones (excluding diaryl/α,β-unsaturated/α-hetero) is 2. The summed E-state index contributed by atoms with van der Waals surface area (Å²) in [6.07, 6.45) is -4.89. The Bertz CT molecular complexity index is 1480. The number of amides is 1. The first-order valence-corrected chi connectivity index (χ1v) is 14.4. The largest absolute Gasteiger partial charge is 0.510 e. The number of aliphatic hydroxyl groups is 3. The zero-order valence-corrected chi connectivity index (χ0v) is 24.6. The Hall–Kier alpha value is -3.46. The van der Waals surface area contributed by atoms with Crippen LogP contribution in [-0.2, 0) is 33.5 Å². The summed E-state index contributed by atoms with van der Waals surface area (Å²) in [7, 11) is 2.94. The van der Waals surface area contributed by atoms with Gasteiger partial charge in [-0.3, -0.25) is 24.2 Å². The highest BCUT2D eigenvalue weighted by Gasteiger charge is 2.63. The van der Waals surface area contributed by atoms with Crippen LogP contribution < -0.4 is 5.73 Å². The number of halogens is 3. The number of likely N-dealkylation sites (N-methyl/N-ethyl adjacent to an activating group) is 1. The van der Waals surface area contributed by atoms with Crippen LogP contribution in [0.25, 0.3) is 0 Å². The van der Waals surface area contributed by atoms with E-state index < -0.39 is 98.7 Å². The molecular formula is C30H36F3N3O8. The maximum Gasteiger partial charge on any atom is 0.417 e. The Morgan fingerprint density at radius 3 is 2.43 bits per heavy atom. The predicted octanol–water partition coefficient (Wildman–Crippen LogP) is 2.00. The minimum absolute atomic E-state index is 0.149. The average Bonchev–Trinajstić information content (AvgIpc) is 3.42. The summed E-state index contributed by atoms with van der Waals surface area (Å²) in [6.45, 7) is 3.66. The second kappa shape index (κ2) is 11.2. The van der Waals surface area contributed by atoms with Crippen molar-refractivity contribution in [3.8, 4) is 5.75 Å². The van der Waals surface area contributed by atoms with Crippen molar-refractivity contribution in [1.29, 1.82) is 0 Å². The number of carbonyl (C=O) groups excluding carboxylic acids is 3. The number of ketones is 2. The number of alkyl halides is 3. The van der Waals surface area contributed by atoms with E-state index in [1.807, 2.05) is 11.8 Å². The number of phenols is 1. The maximum atomic E-state index is 14.8. The van der Waals surface area contributed by atoms with Crippen LogP contribution in [0.5, 0.6) is 5.75 Å². The number of nitrogens with two attached hydrogens (primary N) is 1. The molecule has 44 heavy (non-hydrogen) atoms. The van der Waals surface area contributed by atoms with Crippen molar-refractivity contribution in [3.05, 3.63) is 51.0 Å². The Morgan fingerprint density at radius 2 is 1.89 bits per heavy atom. The fourth-order valence-electron chi connectivity index (χ4n) is 7.51. The molecule has 0 spiro atoms. The quantitative estimate of drug-likeness (QED) is 0.283. The number of benzene rings is 1. The molecular weight excluding hydrogens is 587 g/mol. The van der Waals surface area contributed by atoms with Gasteiger partial charge in [0.2, 0.25) is 5.78 Å². The first-order chi connectivity index (χ1) is 20.5. The molecule has 1 amide bonds. The minimum atomic E-state index is -4.91. The van der Waals surface area contributed by atoms with Crippen molar-refractivity contribution in [1.82, 2.24) is 9.80 Å². The number of phenolic OH excluding ortho intramolecular Hbond substituents is 1. The molecule has 11 nitrogen and oxygen atoms in total. The fourth-order valence-corrected chi connectivity index (χ4v) is 7.51. The zero-order chi connectivity index (χ0) is 32.5. The lowest BCUT2D eigenvalue weighted by Gasteiger charge is -2.50. The van der Waals surface area contributed by atoms with Gasteiger partial charge in [-0.2, -0.15) is 13.2 Å². The van der Waals surface area contributed by atoms with Gasteiger partial charge in [-0.1, -0.05) is 6.92 Å².